The standard InChI is InChI=1S/C10HF13O/c11-1-2(12)4(14)6(5(15)3(1)13)24-10(22,23)7(8(16,17)18)9(19,20)21/h7H. The van der Waals surface area contributed by atoms with Crippen molar-refractivity contribution in [3.63, 3.8) is 0 Å². The van der Waals surface area contributed by atoms with Gasteiger partial charge in [0.05, 0.1) is 0 Å². The minimum Gasteiger partial charge on any atom is -0.425 e. The molecule has 0 aromatic heterocycles. The lowest BCUT2D eigenvalue weighted by Crippen LogP contribution is -2.52. The lowest BCUT2D eigenvalue weighted by Gasteiger charge is -2.30. The fourth-order valence-electron chi connectivity index (χ4n) is 1.44. The molecule has 1 aromatic carbocycles. The Hall–Kier alpha value is -1.89. The second-order valence-corrected chi connectivity index (χ2v) is 4.08. The van der Waals surface area contributed by atoms with Gasteiger partial charge in [-0.1, -0.05) is 0 Å². The Morgan fingerprint density at radius 3 is 1.12 bits per heavy atom. The van der Waals surface area contributed by atoms with Gasteiger partial charge >= 0.3 is 18.5 Å². The molecule has 0 unspecified atom stereocenters. The maximum Gasteiger partial charge on any atom is 0.418 e. The summed E-state index contributed by atoms with van der Waals surface area (Å²) in [5, 5.41) is 0. The van der Waals surface area contributed by atoms with Crippen molar-refractivity contribution in [1.82, 2.24) is 0 Å². The van der Waals surface area contributed by atoms with Crippen LogP contribution in [-0.4, -0.2) is 18.5 Å². The molecule has 0 N–H and O–H groups in total. The lowest BCUT2D eigenvalue weighted by molar-refractivity contribution is -0.379. The molecule has 0 amide bonds. The Morgan fingerprint density at radius 1 is 0.542 bits per heavy atom. The maximum absolute atomic E-state index is 13.2. The summed E-state index contributed by atoms with van der Waals surface area (Å²) in [4.78, 5) is 0. The largest absolute Gasteiger partial charge is 0.425 e. The summed E-state index contributed by atoms with van der Waals surface area (Å²) in [5.41, 5.74) is 0. The Labute approximate surface area is 122 Å². The van der Waals surface area contributed by atoms with E-state index in [4.69, 9.17) is 0 Å². The van der Waals surface area contributed by atoms with Crippen LogP contribution in [0.4, 0.5) is 57.1 Å². The molecule has 0 spiro atoms. The molecule has 0 fully saturated rings. The first-order valence-corrected chi connectivity index (χ1v) is 5.23. The molecule has 1 rings (SSSR count). The van der Waals surface area contributed by atoms with E-state index in [9.17, 15) is 57.1 Å². The van der Waals surface area contributed by atoms with Crippen LogP contribution in [0.2, 0.25) is 0 Å². The zero-order valence-electron chi connectivity index (χ0n) is 10.4. The zero-order chi connectivity index (χ0) is 19.2. The topological polar surface area (TPSA) is 9.23 Å². The molecule has 0 saturated heterocycles. The number of ether oxygens (including phenoxy) is 1. The van der Waals surface area contributed by atoms with E-state index in [0.717, 1.165) is 0 Å². The number of hydrogen-bond donors (Lipinski definition) is 0. The molecular weight excluding hydrogens is 383 g/mol. The minimum atomic E-state index is -6.72. The van der Waals surface area contributed by atoms with Gasteiger partial charge in [-0.25, -0.2) is 13.2 Å². The number of benzene rings is 1. The number of hydrogen-bond acceptors (Lipinski definition) is 1. The third-order valence-electron chi connectivity index (χ3n) is 2.40. The van der Waals surface area contributed by atoms with Crippen LogP contribution in [0.5, 0.6) is 5.75 Å². The van der Waals surface area contributed by atoms with Crippen LogP contribution in [0, 0.1) is 35.0 Å². The van der Waals surface area contributed by atoms with Gasteiger partial charge in [-0.05, 0) is 0 Å². The SMILES string of the molecule is Fc1c(F)c(F)c(OC(F)(F)C(C(F)(F)F)C(F)(F)F)c(F)c1F. The van der Waals surface area contributed by atoms with Crippen LogP contribution in [0.1, 0.15) is 0 Å². The predicted molar refractivity (Wildman–Crippen MR) is 47.4 cm³/mol. The molecule has 0 saturated carbocycles. The Kier molecular flexibility index (Phi) is 4.94. The molecule has 138 valence electrons. The van der Waals surface area contributed by atoms with Crippen molar-refractivity contribution in [3.8, 4) is 5.75 Å². The van der Waals surface area contributed by atoms with Crippen LogP contribution in [0.3, 0.4) is 0 Å². The third-order valence-corrected chi connectivity index (χ3v) is 2.40. The summed E-state index contributed by atoms with van der Waals surface area (Å²) >= 11 is 0. The van der Waals surface area contributed by atoms with E-state index in [0.29, 0.717) is 0 Å². The van der Waals surface area contributed by atoms with Crippen LogP contribution < -0.4 is 4.74 Å². The monoisotopic (exact) mass is 384 g/mol. The number of alkyl halides is 8. The molecule has 14 heteroatoms. The van der Waals surface area contributed by atoms with E-state index in [1.54, 1.807) is 0 Å². The molecular formula is C10HF13O. The highest BCUT2D eigenvalue weighted by Crippen LogP contribution is 2.49. The fraction of sp³-hybridized carbons (Fsp3) is 0.400. The van der Waals surface area contributed by atoms with Crippen LogP contribution in [0.25, 0.3) is 0 Å². The van der Waals surface area contributed by atoms with Gasteiger partial charge in [-0.2, -0.15) is 43.9 Å². The van der Waals surface area contributed by atoms with E-state index in [1.165, 1.54) is 0 Å². The minimum absolute atomic E-state index is 2.63. The van der Waals surface area contributed by atoms with Crippen LogP contribution in [0.15, 0.2) is 0 Å². The smallest absolute Gasteiger partial charge is 0.418 e. The van der Waals surface area contributed by atoms with Crippen molar-refractivity contribution >= 4 is 0 Å². The average molecular weight is 384 g/mol. The first kappa shape index (κ1) is 20.2. The molecule has 0 aliphatic carbocycles. The number of rotatable bonds is 3. The molecule has 24 heavy (non-hydrogen) atoms. The van der Waals surface area contributed by atoms with Crippen molar-refractivity contribution < 1.29 is 61.8 Å². The summed E-state index contributed by atoms with van der Waals surface area (Å²) in [5.74, 6) is -23.6. The summed E-state index contributed by atoms with van der Waals surface area (Å²) in [6.45, 7) is 0. The van der Waals surface area contributed by atoms with E-state index < -0.39 is 59.2 Å². The predicted octanol–water partition coefficient (Wildman–Crippen LogP) is 5.09. The van der Waals surface area contributed by atoms with Gasteiger partial charge in [0.25, 0.3) is 5.92 Å². The maximum atomic E-state index is 13.2. The summed E-state index contributed by atoms with van der Waals surface area (Å²) in [6, 6.07) is 0. The molecule has 0 aliphatic heterocycles. The Morgan fingerprint density at radius 2 is 0.833 bits per heavy atom. The van der Waals surface area contributed by atoms with E-state index in [-0.39, 0.29) is 0 Å². The van der Waals surface area contributed by atoms with E-state index >= 15 is 0 Å². The first-order valence-electron chi connectivity index (χ1n) is 5.23. The highest BCUT2D eigenvalue weighted by atomic mass is 19.4. The van der Waals surface area contributed by atoms with Gasteiger partial charge in [0, 0.05) is 0 Å². The molecule has 0 radical (unpaired) electrons. The summed E-state index contributed by atoms with van der Waals surface area (Å²) in [6.07, 6.45) is -19.9. The van der Waals surface area contributed by atoms with Crippen LogP contribution >= 0.6 is 0 Å². The van der Waals surface area contributed by atoms with E-state index in [1.807, 2.05) is 0 Å². The summed E-state index contributed by atoms with van der Waals surface area (Å²) < 4.78 is 166. The van der Waals surface area contributed by atoms with Crippen molar-refractivity contribution in [2.75, 3.05) is 0 Å². The molecule has 0 bridgehead atoms. The van der Waals surface area contributed by atoms with Gasteiger partial charge in [-0.3, -0.25) is 0 Å². The van der Waals surface area contributed by atoms with E-state index in [2.05, 4.69) is 4.74 Å². The third kappa shape index (κ3) is 3.61. The number of halogens is 13. The van der Waals surface area contributed by atoms with Gasteiger partial charge in [0.2, 0.25) is 34.8 Å². The zero-order valence-corrected chi connectivity index (χ0v) is 10.4. The lowest BCUT2D eigenvalue weighted by atomic mass is 10.1. The van der Waals surface area contributed by atoms with Gasteiger partial charge in [0.1, 0.15) is 0 Å². The van der Waals surface area contributed by atoms with Crippen molar-refractivity contribution in [2.45, 2.75) is 18.5 Å². The van der Waals surface area contributed by atoms with Gasteiger partial charge in [-0.15, -0.1) is 0 Å². The van der Waals surface area contributed by atoms with Gasteiger partial charge < -0.3 is 4.74 Å². The summed E-state index contributed by atoms with van der Waals surface area (Å²) in [7, 11) is 0. The molecule has 1 nitrogen and oxygen atoms in total. The first-order chi connectivity index (χ1) is 10.5. The second kappa shape index (κ2) is 5.88. The highest BCUT2D eigenvalue weighted by Gasteiger charge is 2.71. The van der Waals surface area contributed by atoms with Crippen LogP contribution in [-0.2, 0) is 0 Å². The second-order valence-electron chi connectivity index (χ2n) is 4.08. The molecule has 0 atom stereocenters. The highest BCUT2D eigenvalue weighted by molar-refractivity contribution is 5.30. The molecule has 1 aromatic rings. The Bertz CT molecular complexity index is 586. The average Bonchev–Trinajstić information content (AvgIpc) is 2.35. The van der Waals surface area contributed by atoms with Crippen molar-refractivity contribution in [1.29, 1.82) is 0 Å². The fourth-order valence-corrected chi connectivity index (χ4v) is 1.44. The Balaban J connectivity index is 3.48. The van der Waals surface area contributed by atoms with Crippen molar-refractivity contribution in [3.05, 3.63) is 29.1 Å². The molecule has 0 aliphatic rings. The molecule has 0 heterocycles. The quantitative estimate of drug-likeness (QED) is 0.401. The van der Waals surface area contributed by atoms with Crippen molar-refractivity contribution in [2.24, 2.45) is 5.92 Å². The normalized spacial score (nSPS) is 13.6. The van der Waals surface area contributed by atoms with Gasteiger partial charge in [0.15, 0.2) is 0 Å².